The summed E-state index contributed by atoms with van der Waals surface area (Å²) in [6.45, 7) is 1.80. The number of hydrogen-bond acceptors (Lipinski definition) is 6. The van der Waals surface area contributed by atoms with Crippen LogP contribution in [-0.4, -0.2) is 28.5 Å². The lowest BCUT2D eigenvalue weighted by Gasteiger charge is -2.10. The summed E-state index contributed by atoms with van der Waals surface area (Å²) in [5.74, 6) is 0.909. The average molecular weight is 493 g/mol. The van der Waals surface area contributed by atoms with Gasteiger partial charge in [0.25, 0.3) is 0 Å². The number of fused-ring (bicyclic) bond motifs is 1. The van der Waals surface area contributed by atoms with Crippen LogP contribution in [0.15, 0.2) is 82.3 Å². The smallest absolute Gasteiger partial charge is 0.248 e. The lowest BCUT2D eigenvalue weighted by molar-refractivity contribution is -0.111. The Morgan fingerprint density at radius 1 is 1.03 bits per heavy atom. The molecule has 4 rings (SSSR count). The summed E-state index contributed by atoms with van der Waals surface area (Å²) in [6.07, 6.45) is 3.13. The number of primary sulfonamides is 1. The maximum absolute atomic E-state index is 12.6. The molecule has 1 heterocycles. The summed E-state index contributed by atoms with van der Waals surface area (Å²) in [5, 5.41) is 8.69. The van der Waals surface area contributed by atoms with Gasteiger partial charge in [-0.25, -0.2) is 13.6 Å². The number of nitrogens with one attached hydrogen (secondary N) is 1. The normalized spacial score (nSPS) is 11.9. The Bertz CT molecular complexity index is 1540. The van der Waals surface area contributed by atoms with E-state index >= 15 is 0 Å². The van der Waals surface area contributed by atoms with Gasteiger partial charge in [0, 0.05) is 34.3 Å². The zero-order chi connectivity index (χ0) is 25.2. The van der Waals surface area contributed by atoms with Crippen molar-refractivity contribution in [1.29, 1.82) is 0 Å². The summed E-state index contributed by atoms with van der Waals surface area (Å²) >= 11 is 0. The number of carbonyl (C=O) groups excluding carboxylic acids is 1. The molecule has 35 heavy (non-hydrogen) atoms. The van der Waals surface area contributed by atoms with E-state index in [4.69, 9.17) is 19.0 Å². The lowest BCUT2D eigenvalue weighted by Crippen LogP contribution is -2.12. The average Bonchev–Trinajstić information content (AvgIpc) is 3.25. The fraction of sp³-hybridized carbons (Fsp3) is 0.115. The Labute approximate surface area is 203 Å². The molecule has 0 bridgehead atoms. The van der Waals surface area contributed by atoms with E-state index in [0.717, 1.165) is 27.8 Å². The molecule has 0 radical (unpaired) electrons. The Balaban J connectivity index is 1.66. The van der Waals surface area contributed by atoms with Crippen LogP contribution in [0.1, 0.15) is 12.5 Å². The van der Waals surface area contributed by atoms with Crippen molar-refractivity contribution >= 4 is 38.2 Å². The third-order valence-electron chi connectivity index (χ3n) is 5.50. The van der Waals surface area contributed by atoms with Gasteiger partial charge in [-0.2, -0.15) is 0 Å². The minimum absolute atomic E-state index is 0.0350. The molecule has 0 aliphatic rings. The summed E-state index contributed by atoms with van der Waals surface area (Å²) < 4.78 is 39.5. The molecule has 1 amide bonds. The number of amides is 1. The summed E-state index contributed by atoms with van der Waals surface area (Å²) in [7, 11) is -0.638. The molecule has 180 valence electrons. The molecule has 4 aromatic rings. The highest BCUT2D eigenvalue weighted by Gasteiger charge is 2.15. The highest BCUT2D eigenvalue weighted by molar-refractivity contribution is 7.89. The van der Waals surface area contributed by atoms with Crippen LogP contribution >= 0.6 is 0 Å². The summed E-state index contributed by atoms with van der Waals surface area (Å²) in [6, 6.07) is 17.0. The standard InChI is InChI=1S/C26H24N2O6S/c1-16(11-26(29)28-18-7-9-20(10-8-18)35(27,30)31)21-13-22-23(15-34-25(22)14-24(21)33-3)17-5-4-6-19(12-17)32-2/h4-15H,1-3H3,(H,28,29)(H2,27,30,31)/b16-11+. The van der Waals surface area contributed by atoms with Gasteiger partial charge < -0.3 is 19.2 Å². The van der Waals surface area contributed by atoms with E-state index in [-0.39, 0.29) is 10.8 Å². The fourth-order valence-electron chi connectivity index (χ4n) is 3.73. The van der Waals surface area contributed by atoms with Gasteiger partial charge >= 0.3 is 0 Å². The van der Waals surface area contributed by atoms with Crippen LogP contribution in [0.2, 0.25) is 0 Å². The number of sulfonamides is 1. The number of benzene rings is 3. The van der Waals surface area contributed by atoms with Crippen LogP contribution in [-0.2, 0) is 14.8 Å². The van der Waals surface area contributed by atoms with E-state index in [2.05, 4.69) is 5.32 Å². The number of ether oxygens (including phenoxy) is 2. The maximum atomic E-state index is 12.6. The van der Waals surface area contributed by atoms with Crippen LogP contribution in [0, 0.1) is 0 Å². The van der Waals surface area contributed by atoms with Crippen molar-refractivity contribution in [2.24, 2.45) is 5.14 Å². The predicted octanol–water partition coefficient (Wildman–Crippen LogP) is 4.81. The SMILES string of the molecule is COc1cccc(-c2coc3cc(OC)c(/C(C)=C/C(=O)Nc4ccc(S(N)(=O)=O)cc4)cc23)c1. The van der Waals surface area contributed by atoms with Crippen LogP contribution in [0.5, 0.6) is 11.5 Å². The number of rotatable bonds is 7. The van der Waals surface area contributed by atoms with E-state index in [0.29, 0.717) is 22.6 Å². The second-order valence-corrected chi connectivity index (χ2v) is 9.38. The number of furan rings is 1. The number of allylic oxidation sites excluding steroid dienone is 1. The lowest BCUT2D eigenvalue weighted by atomic mass is 9.99. The van der Waals surface area contributed by atoms with Crippen molar-refractivity contribution in [2.75, 3.05) is 19.5 Å². The zero-order valence-corrected chi connectivity index (χ0v) is 20.2. The van der Waals surface area contributed by atoms with E-state index < -0.39 is 10.0 Å². The molecular formula is C26H24N2O6S. The van der Waals surface area contributed by atoms with Crippen LogP contribution in [0.25, 0.3) is 27.7 Å². The van der Waals surface area contributed by atoms with Gasteiger partial charge in [0.05, 0.1) is 25.4 Å². The van der Waals surface area contributed by atoms with Gasteiger partial charge in [-0.05, 0) is 60.5 Å². The third kappa shape index (κ3) is 5.21. The van der Waals surface area contributed by atoms with Crippen molar-refractivity contribution < 1.29 is 27.1 Å². The third-order valence-corrected chi connectivity index (χ3v) is 6.43. The van der Waals surface area contributed by atoms with Crippen LogP contribution < -0.4 is 19.9 Å². The van der Waals surface area contributed by atoms with E-state index in [9.17, 15) is 13.2 Å². The van der Waals surface area contributed by atoms with Gasteiger partial charge in [0.2, 0.25) is 15.9 Å². The molecule has 0 fully saturated rings. The first-order chi connectivity index (χ1) is 16.7. The van der Waals surface area contributed by atoms with E-state index in [1.54, 1.807) is 33.5 Å². The first-order valence-electron chi connectivity index (χ1n) is 10.6. The van der Waals surface area contributed by atoms with Gasteiger partial charge in [0.15, 0.2) is 0 Å². The molecule has 8 nitrogen and oxygen atoms in total. The number of methoxy groups -OCH3 is 2. The zero-order valence-electron chi connectivity index (χ0n) is 19.4. The summed E-state index contributed by atoms with van der Waals surface area (Å²) in [5.41, 5.74) is 4.29. The Hall–Kier alpha value is -4.08. The molecule has 0 aliphatic carbocycles. The molecule has 9 heteroatoms. The molecule has 0 unspecified atom stereocenters. The monoisotopic (exact) mass is 492 g/mol. The second kappa shape index (κ2) is 9.65. The van der Waals surface area contributed by atoms with Crippen molar-refractivity contribution in [3.63, 3.8) is 0 Å². The fourth-order valence-corrected chi connectivity index (χ4v) is 4.24. The van der Waals surface area contributed by atoms with Crippen LogP contribution in [0.3, 0.4) is 0 Å². The highest BCUT2D eigenvalue weighted by atomic mass is 32.2. The first kappa shape index (κ1) is 24.1. The van der Waals surface area contributed by atoms with E-state index in [1.165, 1.54) is 30.3 Å². The Morgan fingerprint density at radius 2 is 1.77 bits per heavy atom. The van der Waals surface area contributed by atoms with Gasteiger partial charge in [-0.3, -0.25) is 4.79 Å². The number of carbonyl (C=O) groups is 1. The molecule has 0 saturated carbocycles. The quantitative estimate of drug-likeness (QED) is 0.357. The molecule has 0 spiro atoms. The second-order valence-electron chi connectivity index (χ2n) is 7.82. The van der Waals surface area contributed by atoms with Gasteiger partial charge in [-0.15, -0.1) is 0 Å². The number of anilines is 1. The molecule has 1 aromatic heterocycles. The molecule has 3 N–H and O–H groups in total. The van der Waals surface area contributed by atoms with E-state index in [1.807, 2.05) is 30.3 Å². The summed E-state index contributed by atoms with van der Waals surface area (Å²) in [4.78, 5) is 12.6. The maximum Gasteiger partial charge on any atom is 0.248 e. The van der Waals surface area contributed by atoms with Gasteiger partial charge in [-0.1, -0.05) is 12.1 Å². The van der Waals surface area contributed by atoms with Crippen molar-refractivity contribution in [3.8, 4) is 22.6 Å². The molecular weight excluding hydrogens is 468 g/mol. The van der Waals surface area contributed by atoms with Crippen molar-refractivity contribution in [3.05, 3.63) is 78.6 Å². The molecule has 3 aromatic carbocycles. The highest BCUT2D eigenvalue weighted by Crippen LogP contribution is 2.38. The molecule has 0 atom stereocenters. The van der Waals surface area contributed by atoms with Gasteiger partial charge in [0.1, 0.15) is 17.1 Å². The van der Waals surface area contributed by atoms with Crippen molar-refractivity contribution in [1.82, 2.24) is 0 Å². The van der Waals surface area contributed by atoms with Crippen LogP contribution in [0.4, 0.5) is 5.69 Å². The largest absolute Gasteiger partial charge is 0.497 e. The number of nitrogens with two attached hydrogens (primary N) is 1. The van der Waals surface area contributed by atoms with Crippen molar-refractivity contribution in [2.45, 2.75) is 11.8 Å². The Kier molecular flexibility index (Phi) is 6.63. The topological polar surface area (TPSA) is 121 Å². The molecule has 0 aliphatic heterocycles. The number of hydrogen-bond donors (Lipinski definition) is 2. The first-order valence-corrected chi connectivity index (χ1v) is 12.1. The minimum Gasteiger partial charge on any atom is -0.497 e. The molecule has 0 saturated heterocycles. The predicted molar refractivity (Wildman–Crippen MR) is 135 cm³/mol. The minimum atomic E-state index is -3.80. The Morgan fingerprint density at radius 3 is 2.43 bits per heavy atom.